The molecule has 0 saturated heterocycles. The Kier molecular flexibility index (Phi) is 2.87. The molecule has 0 spiro atoms. The Morgan fingerprint density at radius 2 is 2.22 bits per heavy atom. The molecule has 5 nitrogen and oxygen atoms in total. The smallest absolute Gasteiger partial charge is 0.228 e. The molecule has 1 unspecified atom stereocenters. The third kappa shape index (κ3) is 2.43. The highest BCUT2D eigenvalue weighted by Gasteiger charge is 2.33. The van der Waals surface area contributed by atoms with E-state index in [0.29, 0.717) is 23.7 Å². The highest BCUT2D eigenvalue weighted by atomic mass is 32.1. The van der Waals surface area contributed by atoms with Crippen molar-refractivity contribution in [1.82, 2.24) is 15.0 Å². The number of rotatable bonds is 4. The third-order valence-electron chi connectivity index (χ3n) is 2.99. The summed E-state index contributed by atoms with van der Waals surface area (Å²) in [4.78, 5) is 13.7. The van der Waals surface area contributed by atoms with Gasteiger partial charge in [0.2, 0.25) is 11.9 Å². The Labute approximate surface area is 109 Å². The number of nitrogens with two attached hydrogens (primary N) is 1. The highest BCUT2D eigenvalue weighted by molar-refractivity contribution is 7.10. The van der Waals surface area contributed by atoms with Crippen LogP contribution >= 0.6 is 11.3 Å². The number of nitrogens with one attached hydrogen (secondary N) is 1. The van der Waals surface area contributed by atoms with Gasteiger partial charge in [0.15, 0.2) is 0 Å². The van der Waals surface area contributed by atoms with E-state index in [1.165, 1.54) is 17.7 Å². The van der Waals surface area contributed by atoms with E-state index >= 15 is 0 Å². The molecule has 2 heterocycles. The maximum absolute atomic E-state index is 5.65. The summed E-state index contributed by atoms with van der Waals surface area (Å²) in [5.74, 6) is 2.17. The van der Waals surface area contributed by atoms with Crippen LogP contribution in [-0.4, -0.2) is 15.0 Å². The zero-order chi connectivity index (χ0) is 12.5. The topological polar surface area (TPSA) is 76.7 Å². The van der Waals surface area contributed by atoms with Gasteiger partial charge in [0.1, 0.15) is 5.82 Å². The lowest BCUT2D eigenvalue weighted by Crippen LogP contribution is -2.15. The van der Waals surface area contributed by atoms with Crippen molar-refractivity contribution in [3.05, 3.63) is 28.2 Å². The van der Waals surface area contributed by atoms with E-state index in [-0.39, 0.29) is 5.95 Å². The molecule has 1 fully saturated rings. The Morgan fingerprint density at radius 3 is 2.83 bits per heavy atom. The van der Waals surface area contributed by atoms with Crippen LogP contribution < -0.4 is 11.1 Å². The first-order valence-corrected chi connectivity index (χ1v) is 6.88. The van der Waals surface area contributed by atoms with E-state index in [0.717, 1.165) is 0 Å². The Balaban J connectivity index is 1.84. The molecule has 94 valence electrons. The largest absolute Gasteiger partial charge is 0.368 e. The van der Waals surface area contributed by atoms with Crippen molar-refractivity contribution in [1.29, 1.82) is 0 Å². The maximum atomic E-state index is 5.65. The van der Waals surface area contributed by atoms with Crippen LogP contribution in [0.3, 0.4) is 0 Å². The minimum atomic E-state index is 0.269. The second kappa shape index (κ2) is 4.53. The molecule has 0 aliphatic heterocycles. The molecule has 3 rings (SSSR count). The molecule has 1 aliphatic rings. The molecule has 0 radical (unpaired) electrons. The van der Waals surface area contributed by atoms with Crippen molar-refractivity contribution < 1.29 is 0 Å². The number of hydrogen-bond donors (Lipinski definition) is 2. The number of nitrogen functional groups attached to an aromatic ring is 1. The summed E-state index contributed by atoms with van der Waals surface area (Å²) in [6.07, 6.45) is 2.52. The van der Waals surface area contributed by atoms with Crippen LogP contribution in [0.15, 0.2) is 17.5 Å². The highest BCUT2D eigenvalue weighted by Crippen LogP contribution is 2.43. The zero-order valence-corrected chi connectivity index (χ0v) is 10.9. The van der Waals surface area contributed by atoms with E-state index in [1.54, 1.807) is 11.3 Å². The van der Waals surface area contributed by atoms with Crippen LogP contribution in [0.25, 0.3) is 0 Å². The van der Waals surface area contributed by atoms with Crippen molar-refractivity contribution in [3.8, 4) is 0 Å². The number of anilines is 2. The lowest BCUT2D eigenvalue weighted by molar-refractivity contribution is 0.681. The fourth-order valence-corrected chi connectivity index (χ4v) is 2.89. The predicted molar refractivity (Wildman–Crippen MR) is 72.4 cm³/mol. The SMILES string of the molecule is Cc1nc(N)nc(NC(c2cccs2)C2CC2)n1. The van der Waals surface area contributed by atoms with E-state index in [9.17, 15) is 0 Å². The van der Waals surface area contributed by atoms with Gasteiger partial charge < -0.3 is 11.1 Å². The lowest BCUT2D eigenvalue weighted by Gasteiger charge is -2.16. The van der Waals surface area contributed by atoms with E-state index in [2.05, 4.69) is 37.8 Å². The van der Waals surface area contributed by atoms with Crippen LogP contribution in [0.1, 0.15) is 29.6 Å². The summed E-state index contributed by atoms with van der Waals surface area (Å²) < 4.78 is 0. The third-order valence-corrected chi connectivity index (χ3v) is 3.95. The monoisotopic (exact) mass is 261 g/mol. The summed E-state index contributed by atoms with van der Waals surface area (Å²) in [7, 11) is 0. The molecule has 3 N–H and O–H groups in total. The molecule has 18 heavy (non-hydrogen) atoms. The maximum Gasteiger partial charge on any atom is 0.228 e. The summed E-state index contributed by atoms with van der Waals surface area (Å²) >= 11 is 1.76. The van der Waals surface area contributed by atoms with E-state index in [1.807, 2.05) is 6.92 Å². The second-order valence-corrected chi connectivity index (χ2v) is 5.52. The van der Waals surface area contributed by atoms with Gasteiger partial charge in [-0.15, -0.1) is 11.3 Å². The molecule has 0 bridgehead atoms. The molecule has 0 amide bonds. The van der Waals surface area contributed by atoms with Crippen molar-refractivity contribution in [2.75, 3.05) is 11.1 Å². The summed E-state index contributed by atoms with van der Waals surface area (Å²) in [6.45, 7) is 1.82. The first-order valence-electron chi connectivity index (χ1n) is 6.00. The van der Waals surface area contributed by atoms with Gasteiger partial charge in [-0.3, -0.25) is 0 Å². The van der Waals surface area contributed by atoms with Crippen LogP contribution in [0.5, 0.6) is 0 Å². The molecule has 1 saturated carbocycles. The minimum absolute atomic E-state index is 0.269. The first kappa shape index (κ1) is 11.4. The molecule has 1 aliphatic carbocycles. The summed E-state index contributed by atoms with van der Waals surface area (Å²) in [6, 6.07) is 4.52. The quantitative estimate of drug-likeness (QED) is 0.883. The molecule has 6 heteroatoms. The minimum Gasteiger partial charge on any atom is -0.368 e. The molecular weight excluding hydrogens is 246 g/mol. The molecule has 1 atom stereocenters. The van der Waals surface area contributed by atoms with Crippen LogP contribution in [-0.2, 0) is 0 Å². The van der Waals surface area contributed by atoms with Gasteiger partial charge in [-0.1, -0.05) is 6.07 Å². The van der Waals surface area contributed by atoms with E-state index in [4.69, 9.17) is 5.73 Å². The van der Waals surface area contributed by atoms with Gasteiger partial charge >= 0.3 is 0 Å². The van der Waals surface area contributed by atoms with Gasteiger partial charge in [0, 0.05) is 4.88 Å². The average Bonchev–Trinajstić information content (AvgIpc) is 3.00. The number of nitrogens with zero attached hydrogens (tertiary/aromatic N) is 3. The molecule has 0 aromatic carbocycles. The molecular formula is C12H15N5S. The summed E-state index contributed by atoms with van der Waals surface area (Å²) in [5.41, 5.74) is 5.65. The fourth-order valence-electron chi connectivity index (χ4n) is 2.03. The van der Waals surface area contributed by atoms with Crippen molar-refractivity contribution in [2.45, 2.75) is 25.8 Å². The van der Waals surface area contributed by atoms with Crippen LogP contribution in [0, 0.1) is 12.8 Å². The van der Waals surface area contributed by atoms with Crippen LogP contribution in [0.4, 0.5) is 11.9 Å². The average molecular weight is 261 g/mol. The predicted octanol–water partition coefficient (Wildman–Crippen LogP) is 2.39. The van der Waals surface area contributed by atoms with Gasteiger partial charge in [0.05, 0.1) is 6.04 Å². The van der Waals surface area contributed by atoms with Gasteiger partial charge in [-0.2, -0.15) is 15.0 Å². The van der Waals surface area contributed by atoms with Gasteiger partial charge in [-0.05, 0) is 37.1 Å². The number of aryl methyl sites for hydroxylation is 1. The van der Waals surface area contributed by atoms with E-state index < -0.39 is 0 Å². The Hall–Kier alpha value is -1.69. The molecule has 2 aromatic rings. The standard InChI is InChI=1S/C12H15N5S/c1-7-14-11(13)17-12(15-7)16-10(8-4-5-8)9-3-2-6-18-9/h2-3,6,8,10H,4-5H2,1H3,(H3,13,14,15,16,17). The van der Waals surface area contributed by atoms with Crippen LogP contribution in [0.2, 0.25) is 0 Å². The molecule has 2 aromatic heterocycles. The Morgan fingerprint density at radius 1 is 1.39 bits per heavy atom. The van der Waals surface area contributed by atoms with Crippen molar-refractivity contribution in [3.63, 3.8) is 0 Å². The fraction of sp³-hybridized carbons (Fsp3) is 0.417. The van der Waals surface area contributed by atoms with Crippen molar-refractivity contribution in [2.24, 2.45) is 5.92 Å². The second-order valence-electron chi connectivity index (χ2n) is 4.54. The zero-order valence-electron chi connectivity index (χ0n) is 10.1. The van der Waals surface area contributed by atoms with Gasteiger partial charge in [-0.25, -0.2) is 0 Å². The lowest BCUT2D eigenvalue weighted by atomic mass is 10.1. The van der Waals surface area contributed by atoms with Crippen molar-refractivity contribution >= 4 is 23.2 Å². The number of thiophene rings is 1. The number of aromatic nitrogens is 3. The normalized spacial score (nSPS) is 16.5. The Bertz CT molecular complexity index is 515. The number of hydrogen-bond acceptors (Lipinski definition) is 6. The van der Waals surface area contributed by atoms with Gasteiger partial charge in [0.25, 0.3) is 0 Å². The first-order chi connectivity index (χ1) is 8.72. The summed E-state index contributed by atoms with van der Waals surface area (Å²) in [5, 5.41) is 5.49.